The van der Waals surface area contributed by atoms with E-state index >= 15 is 0 Å². The number of hydrogen-bond acceptors (Lipinski definition) is 4. The van der Waals surface area contributed by atoms with Gasteiger partial charge in [-0.2, -0.15) is 11.8 Å². The van der Waals surface area contributed by atoms with Crippen molar-refractivity contribution in [2.45, 2.75) is 31.4 Å². The summed E-state index contributed by atoms with van der Waals surface area (Å²) in [6.07, 6.45) is 2.39. The van der Waals surface area contributed by atoms with Gasteiger partial charge in [-0.1, -0.05) is 11.8 Å². The molecule has 0 saturated carbocycles. The first-order chi connectivity index (χ1) is 9.54. The van der Waals surface area contributed by atoms with Gasteiger partial charge in [0.05, 0.1) is 9.75 Å². The molecular weight excluding hydrogens is 290 g/mol. The van der Waals surface area contributed by atoms with Crippen molar-refractivity contribution in [3.63, 3.8) is 0 Å². The predicted molar refractivity (Wildman–Crippen MR) is 85.5 cm³/mol. The molecule has 2 heterocycles. The summed E-state index contributed by atoms with van der Waals surface area (Å²) in [4.78, 5) is 13.7. The molecule has 1 fully saturated rings. The minimum absolute atomic E-state index is 0.0242. The minimum atomic E-state index is -0.158. The molecule has 20 heavy (non-hydrogen) atoms. The van der Waals surface area contributed by atoms with E-state index in [4.69, 9.17) is 5.11 Å². The number of carbonyl (C=O) groups is 1. The number of thioether (sulfide) groups is 1. The summed E-state index contributed by atoms with van der Waals surface area (Å²) in [6, 6.07) is 1.87. The number of carbonyl (C=O) groups excluding carboxylic acids is 1. The summed E-state index contributed by atoms with van der Waals surface area (Å²) in [7, 11) is 0. The Kier molecular flexibility index (Phi) is 5.14. The van der Waals surface area contributed by atoms with Crippen LogP contribution in [0.2, 0.25) is 0 Å². The lowest BCUT2D eigenvalue weighted by Gasteiger charge is -2.22. The molecule has 3 nitrogen and oxygen atoms in total. The Morgan fingerprint density at radius 1 is 1.60 bits per heavy atom. The van der Waals surface area contributed by atoms with Gasteiger partial charge in [0.2, 0.25) is 0 Å². The molecule has 0 aliphatic carbocycles. The largest absolute Gasteiger partial charge is 0.384 e. The molecule has 0 aromatic carbocycles. The Bertz CT molecular complexity index is 548. The maximum absolute atomic E-state index is 12.2. The number of rotatable bonds is 3. The first-order valence-electron chi connectivity index (χ1n) is 6.66. The number of aliphatic hydroxyl groups excluding tert-OH is 1. The quantitative estimate of drug-likeness (QED) is 0.843. The van der Waals surface area contributed by atoms with Crippen LogP contribution in [-0.2, 0) is 0 Å². The van der Waals surface area contributed by atoms with Crippen molar-refractivity contribution in [2.24, 2.45) is 0 Å². The zero-order chi connectivity index (χ0) is 14.6. The van der Waals surface area contributed by atoms with E-state index in [0.717, 1.165) is 16.9 Å². The molecule has 108 valence electrons. The highest BCUT2D eigenvalue weighted by Crippen LogP contribution is 2.37. The van der Waals surface area contributed by atoms with E-state index in [9.17, 15) is 4.79 Å². The van der Waals surface area contributed by atoms with Crippen LogP contribution < -0.4 is 5.32 Å². The number of aryl methyl sites for hydroxylation is 1. The van der Waals surface area contributed by atoms with Crippen LogP contribution >= 0.6 is 23.1 Å². The lowest BCUT2D eigenvalue weighted by molar-refractivity contribution is 0.0954. The summed E-state index contributed by atoms with van der Waals surface area (Å²) in [5, 5.41) is 11.7. The maximum Gasteiger partial charge on any atom is 0.261 e. The molecule has 1 amide bonds. The second-order valence-corrected chi connectivity index (χ2v) is 7.90. The standard InChI is InChI=1S/C15H19NO2S2/c1-11-9-13(20-12(11)5-3-7-17)14(18)16-10-15(2)6-4-8-19-15/h9,17H,4,6-8,10H2,1-2H3,(H,16,18). The molecule has 0 bridgehead atoms. The predicted octanol–water partition coefficient (Wildman–Crippen LogP) is 2.42. The Morgan fingerprint density at radius 3 is 3.05 bits per heavy atom. The van der Waals surface area contributed by atoms with E-state index in [1.165, 1.54) is 23.5 Å². The third kappa shape index (κ3) is 3.78. The molecule has 1 aromatic rings. The second-order valence-electron chi connectivity index (χ2n) is 5.17. The second kappa shape index (κ2) is 6.66. The van der Waals surface area contributed by atoms with Gasteiger partial charge < -0.3 is 10.4 Å². The summed E-state index contributed by atoms with van der Waals surface area (Å²) in [5.74, 6) is 6.66. The van der Waals surface area contributed by atoms with Crippen molar-refractivity contribution in [1.29, 1.82) is 0 Å². The molecule has 0 radical (unpaired) electrons. The third-order valence-corrected chi connectivity index (χ3v) is 6.04. The summed E-state index contributed by atoms with van der Waals surface area (Å²) >= 11 is 3.33. The fourth-order valence-electron chi connectivity index (χ4n) is 2.17. The van der Waals surface area contributed by atoms with Crippen molar-refractivity contribution in [1.82, 2.24) is 5.32 Å². The van der Waals surface area contributed by atoms with Gasteiger partial charge in [-0.05, 0) is 44.1 Å². The van der Waals surface area contributed by atoms with E-state index in [0.29, 0.717) is 11.4 Å². The van der Waals surface area contributed by atoms with Gasteiger partial charge in [0.1, 0.15) is 6.61 Å². The lowest BCUT2D eigenvalue weighted by Crippen LogP contribution is -2.36. The normalized spacial score (nSPS) is 21.4. The van der Waals surface area contributed by atoms with Gasteiger partial charge in [0, 0.05) is 11.3 Å². The summed E-state index contributed by atoms with van der Waals surface area (Å²) < 4.78 is 0.182. The SMILES string of the molecule is Cc1cc(C(=O)NCC2(C)CCCS2)sc1C#CCO. The van der Waals surface area contributed by atoms with Gasteiger partial charge >= 0.3 is 0 Å². The molecule has 1 unspecified atom stereocenters. The van der Waals surface area contributed by atoms with Crippen molar-refractivity contribution in [2.75, 3.05) is 18.9 Å². The molecule has 0 spiro atoms. The first kappa shape index (κ1) is 15.4. The van der Waals surface area contributed by atoms with Crippen LogP contribution in [0.5, 0.6) is 0 Å². The van der Waals surface area contributed by atoms with Crippen LogP contribution in [0.1, 0.15) is 39.9 Å². The molecule has 1 aliphatic rings. The van der Waals surface area contributed by atoms with Gasteiger partial charge in [-0.3, -0.25) is 4.79 Å². The van der Waals surface area contributed by atoms with Crippen molar-refractivity contribution < 1.29 is 9.90 Å². The van der Waals surface area contributed by atoms with Gasteiger partial charge in [-0.15, -0.1) is 11.3 Å². The van der Waals surface area contributed by atoms with Crippen LogP contribution in [0.15, 0.2) is 6.07 Å². The highest BCUT2D eigenvalue weighted by atomic mass is 32.2. The zero-order valence-electron chi connectivity index (χ0n) is 11.8. The molecule has 2 rings (SSSR count). The number of thiophene rings is 1. The van der Waals surface area contributed by atoms with Crippen LogP contribution in [0.4, 0.5) is 0 Å². The average molecular weight is 309 g/mol. The number of aliphatic hydroxyl groups is 1. The molecule has 1 aliphatic heterocycles. The van der Waals surface area contributed by atoms with Gasteiger partial charge in [-0.25, -0.2) is 0 Å². The third-order valence-electron chi connectivity index (χ3n) is 3.35. The first-order valence-corrected chi connectivity index (χ1v) is 8.47. The van der Waals surface area contributed by atoms with Crippen molar-refractivity contribution in [3.05, 3.63) is 21.4 Å². The van der Waals surface area contributed by atoms with Crippen LogP contribution in [0.3, 0.4) is 0 Å². The highest BCUT2D eigenvalue weighted by Gasteiger charge is 2.30. The number of nitrogens with one attached hydrogen (secondary N) is 1. The summed E-state index contributed by atoms with van der Waals surface area (Å²) in [5.41, 5.74) is 0.988. The summed E-state index contributed by atoms with van der Waals surface area (Å²) in [6.45, 7) is 4.70. The topological polar surface area (TPSA) is 49.3 Å². The van der Waals surface area contributed by atoms with Crippen LogP contribution in [0.25, 0.3) is 0 Å². The molecule has 5 heteroatoms. The van der Waals surface area contributed by atoms with E-state index in [1.54, 1.807) is 0 Å². The minimum Gasteiger partial charge on any atom is -0.384 e. The number of amides is 1. The monoisotopic (exact) mass is 309 g/mol. The molecule has 1 saturated heterocycles. The highest BCUT2D eigenvalue weighted by molar-refractivity contribution is 8.00. The van der Waals surface area contributed by atoms with Crippen molar-refractivity contribution >= 4 is 29.0 Å². The molecular formula is C15H19NO2S2. The van der Waals surface area contributed by atoms with E-state index in [1.807, 2.05) is 24.8 Å². The zero-order valence-corrected chi connectivity index (χ0v) is 13.4. The molecule has 1 atom stereocenters. The maximum atomic E-state index is 12.2. The average Bonchev–Trinajstić information content (AvgIpc) is 3.01. The Labute approximate surface area is 128 Å². The fraction of sp³-hybridized carbons (Fsp3) is 0.533. The Balaban J connectivity index is 1.99. The Hall–Kier alpha value is -0.960. The van der Waals surface area contributed by atoms with Crippen LogP contribution in [0, 0.1) is 18.8 Å². The van der Waals surface area contributed by atoms with E-state index < -0.39 is 0 Å². The molecule has 2 N–H and O–H groups in total. The van der Waals surface area contributed by atoms with Crippen LogP contribution in [-0.4, -0.2) is 34.7 Å². The smallest absolute Gasteiger partial charge is 0.261 e. The van der Waals surface area contributed by atoms with Gasteiger partial charge in [0.25, 0.3) is 5.91 Å². The van der Waals surface area contributed by atoms with E-state index in [2.05, 4.69) is 24.1 Å². The Morgan fingerprint density at radius 2 is 2.40 bits per heavy atom. The number of hydrogen-bond donors (Lipinski definition) is 2. The fourth-order valence-corrected chi connectivity index (χ4v) is 4.38. The lowest BCUT2D eigenvalue weighted by atomic mass is 10.1. The van der Waals surface area contributed by atoms with Crippen molar-refractivity contribution in [3.8, 4) is 11.8 Å². The van der Waals surface area contributed by atoms with E-state index in [-0.39, 0.29) is 17.3 Å². The van der Waals surface area contributed by atoms with Gasteiger partial charge in [0.15, 0.2) is 0 Å². The molecule has 1 aromatic heterocycles.